The molecule has 1 aliphatic carbocycles. The number of rotatable bonds is 9. The molecule has 0 fully saturated rings. The molecular formula is C31H28Cl2N2O3S. The maximum Gasteiger partial charge on any atom is 0.259 e. The molecule has 0 spiro atoms. The van der Waals surface area contributed by atoms with E-state index in [0.717, 1.165) is 48.1 Å². The van der Waals surface area contributed by atoms with Crippen LogP contribution in [0.2, 0.25) is 10.0 Å². The van der Waals surface area contributed by atoms with E-state index in [2.05, 4.69) is 5.32 Å². The second-order valence-corrected chi connectivity index (χ2v) is 11.1. The van der Waals surface area contributed by atoms with Gasteiger partial charge in [-0.05, 0) is 85.7 Å². The zero-order valence-electron chi connectivity index (χ0n) is 21.5. The first kappa shape index (κ1) is 27.3. The molecule has 4 aromatic rings. The number of benzene rings is 3. The number of para-hydroxylation sites is 1. The van der Waals surface area contributed by atoms with Crippen molar-refractivity contribution in [2.45, 2.75) is 39.2 Å². The minimum atomic E-state index is -0.134. The molecule has 0 atom stereocenters. The first-order valence-electron chi connectivity index (χ1n) is 12.9. The Morgan fingerprint density at radius 1 is 1.03 bits per heavy atom. The Bertz CT molecular complexity index is 1500. The van der Waals surface area contributed by atoms with Crippen molar-refractivity contribution in [3.05, 3.63) is 104 Å². The van der Waals surface area contributed by atoms with E-state index in [9.17, 15) is 4.79 Å². The van der Waals surface area contributed by atoms with Gasteiger partial charge in [0.25, 0.3) is 5.91 Å². The van der Waals surface area contributed by atoms with Gasteiger partial charge in [0.1, 0.15) is 11.6 Å². The van der Waals surface area contributed by atoms with E-state index in [0.29, 0.717) is 45.3 Å². The number of nitrogens with one attached hydrogen (secondary N) is 1. The van der Waals surface area contributed by atoms with E-state index < -0.39 is 0 Å². The summed E-state index contributed by atoms with van der Waals surface area (Å²) >= 11 is 14.3. The van der Waals surface area contributed by atoms with E-state index in [-0.39, 0.29) is 5.91 Å². The van der Waals surface area contributed by atoms with Gasteiger partial charge < -0.3 is 14.8 Å². The molecule has 5 rings (SSSR count). The topological polar surface area (TPSA) is 59.9 Å². The summed E-state index contributed by atoms with van der Waals surface area (Å²) in [5, 5.41) is 4.79. The maximum absolute atomic E-state index is 13.4. The highest BCUT2D eigenvalue weighted by atomic mass is 35.5. The molecule has 0 unspecified atom stereocenters. The first-order chi connectivity index (χ1) is 19.0. The highest BCUT2D eigenvalue weighted by Gasteiger charge is 2.25. The molecule has 39 heavy (non-hydrogen) atoms. The molecule has 0 radical (unpaired) electrons. The summed E-state index contributed by atoms with van der Waals surface area (Å²) in [6, 6.07) is 20.6. The van der Waals surface area contributed by atoms with Crippen molar-refractivity contribution in [2.24, 2.45) is 4.99 Å². The van der Waals surface area contributed by atoms with Crippen LogP contribution in [-0.2, 0) is 19.4 Å². The molecule has 0 aliphatic heterocycles. The maximum atomic E-state index is 13.4. The normalized spacial score (nSPS) is 12.8. The van der Waals surface area contributed by atoms with Crippen LogP contribution in [0.5, 0.6) is 11.5 Å². The molecule has 8 heteroatoms. The Balaban J connectivity index is 1.42. The summed E-state index contributed by atoms with van der Waals surface area (Å²) in [7, 11) is 0. The smallest absolute Gasteiger partial charge is 0.259 e. The van der Waals surface area contributed by atoms with E-state index in [4.69, 9.17) is 37.7 Å². The average molecular weight is 580 g/mol. The fourth-order valence-electron chi connectivity index (χ4n) is 4.57. The molecule has 1 amide bonds. The van der Waals surface area contributed by atoms with Crippen LogP contribution in [0.1, 0.15) is 51.7 Å². The minimum Gasteiger partial charge on any atom is -0.490 e. The number of hydrogen-bond donors (Lipinski definition) is 1. The third-order valence-electron chi connectivity index (χ3n) is 6.35. The predicted octanol–water partition coefficient (Wildman–Crippen LogP) is 8.91. The third kappa shape index (κ3) is 6.64. The van der Waals surface area contributed by atoms with Gasteiger partial charge in [-0.2, -0.15) is 0 Å². The molecule has 200 valence electrons. The lowest BCUT2D eigenvalue weighted by atomic mass is 9.95. The number of nitrogens with zero attached hydrogens (tertiary/aromatic N) is 1. The van der Waals surface area contributed by atoms with Crippen LogP contribution in [0, 0.1) is 0 Å². The SMILES string of the molecule is CCOc1cc(C=Nc2sc3c(c2C(=O)Nc2ccccc2)CCCC3)cc(Cl)c1OCc1cccc(Cl)c1. The fraction of sp³-hybridized carbons (Fsp3) is 0.226. The number of aliphatic imine (C=N–C) groups is 1. The van der Waals surface area contributed by atoms with Crippen LogP contribution in [-0.4, -0.2) is 18.7 Å². The van der Waals surface area contributed by atoms with Crippen molar-refractivity contribution in [1.29, 1.82) is 0 Å². The number of carbonyl (C=O) groups excluding carboxylic acids is 1. The lowest BCUT2D eigenvalue weighted by Crippen LogP contribution is -2.14. The van der Waals surface area contributed by atoms with Crippen molar-refractivity contribution in [2.75, 3.05) is 11.9 Å². The summed E-state index contributed by atoms with van der Waals surface area (Å²) in [5.41, 5.74) is 4.21. The van der Waals surface area contributed by atoms with Crippen LogP contribution < -0.4 is 14.8 Å². The Morgan fingerprint density at radius 2 is 1.85 bits per heavy atom. The van der Waals surface area contributed by atoms with Gasteiger partial charge in [-0.25, -0.2) is 4.99 Å². The first-order valence-corrected chi connectivity index (χ1v) is 14.5. The second-order valence-electron chi connectivity index (χ2n) is 9.15. The summed E-state index contributed by atoms with van der Waals surface area (Å²) < 4.78 is 11.9. The number of amides is 1. The molecule has 0 saturated heterocycles. The number of thiophene rings is 1. The van der Waals surface area contributed by atoms with Gasteiger partial charge in [-0.15, -0.1) is 11.3 Å². The molecular weight excluding hydrogens is 551 g/mol. The number of halogens is 2. The third-order valence-corrected chi connectivity index (χ3v) is 8.06. The van der Waals surface area contributed by atoms with Gasteiger partial charge in [-0.1, -0.05) is 53.5 Å². The molecule has 1 aliphatic rings. The Labute approximate surface area is 242 Å². The number of anilines is 1. The molecule has 0 saturated carbocycles. The number of fused-ring (bicyclic) bond motifs is 1. The number of aryl methyl sites for hydroxylation is 1. The summed E-state index contributed by atoms with van der Waals surface area (Å²) in [5.74, 6) is 0.858. The van der Waals surface area contributed by atoms with Crippen LogP contribution in [0.3, 0.4) is 0 Å². The molecule has 0 bridgehead atoms. The van der Waals surface area contributed by atoms with Crippen LogP contribution >= 0.6 is 34.5 Å². The van der Waals surface area contributed by atoms with E-state index in [1.165, 1.54) is 4.88 Å². The van der Waals surface area contributed by atoms with Gasteiger partial charge >= 0.3 is 0 Å². The van der Waals surface area contributed by atoms with E-state index >= 15 is 0 Å². The zero-order chi connectivity index (χ0) is 27.2. The highest BCUT2D eigenvalue weighted by molar-refractivity contribution is 7.16. The van der Waals surface area contributed by atoms with Crippen LogP contribution in [0.25, 0.3) is 0 Å². The van der Waals surface area contributed by atoms with Gasteiger partial charge in [-0.3, -0.25) is 4.79 Å². The van der Waals surface area contributed by atoms with Crippen molar-refractivity contribution >= 4 is 57.3 Å². The van der Waals surface area contributed by atoms with Gasteiger partial charge in [0.2, 0.25) is 0 Å². The number of hydrogen-bond acceptors (Lipinski definition) is 5. The molecule has 5 nitrogen and oxygen atoms in total. The lowest BCUT2D eigenvalue weighted by Gasteiger charge is -2.14. The van der Waals surface area contributed by atoms with Crippen molar-refractivity contribution in [1.82, 2.24) is 0 Å². The van der Waals surface area contributed by atoms with Crippen molar-refractivity contribution in [3.63, 3.8) is 0 Å². The quantitative estimate of drug-likeness (QED) is 0.202. The molecule has 3 aromatic carbocycles. The largest absolute Gasteiger partial charge is 0.490 e. The van der Waals surface area contributed by atoms with Crippen molar-refractivity contribution in [3.8, 4) is 11.5 Å². The van der Waals surface area contributed by atoms with Crippen LogP contribution in [0.15, 0.2) is 71.7 Å². The summed E-state index contributed by atoms with van der Waals surface area (Å²) in [4.78, 5) is 19.4. The standard InChI is InChI=1S/C31H28Cl2N2O3S/c1-2-37-26-17-21(16-25(33)29(26)38-19-20-9-8-10-22(32)15-20)18-34-31-28(24-13-6-7-14-27(24)39-31)30(36)35-23-11-4-3-5-12-23/h3-5,8-12,15-18H,2,6-7,13-14,19H2,1H3,(H,35,36). The molecule has 1 N–H and O–H groups in total. The van der Waals surface area contributed by atoms with E-state index in [1.54, 1.807) is 23.6 Å². The Hall–Kier alpha value is -3.32. The van der Waals surface area contributed by atoms with E-state index in [1.807, 2.05) is 67.6 Å². The molecule has 1 heterocycles. The average Bonchev–Trinajstić information content (AvgIpc) is 3.31. The summed E-state index contributed by atoms with van der Waals surface area (Å²) in [6.45, 7) is 2.66. The predicted molar refractivity (Wildman–Crippen MR) is 161 cm³/mol. The van der Waals surface area contributed by atoms with Gasteiger partial charge in [0.15, 0.2) is 11.5 Å². The Morgan fingerprint density at radius 3 is 2.64 bits per heavy atom. The highest BCUT2D eigenvalue weighted by Crippen LogP contribution is 2.41. The fourth-order valence-corrected chi connectivity index (χ4v) is 6.29. The van der Waals surface area contributed by atoms with Gasteiger partial charge in [0, 0.05) is 21.8 Å². The monoisotopic (exact) mass is 578 g/mol. The Kier molecular flexibility index (Phi) is 8.87. The van der Waals surface area contributed by atoms with Crippen LogP contribution in [0.4, 0.5) is 10.7 Å². The zero-order valence-corrected chi connectivity index (χ0v) is 23.8. The lowest BCUT2D eigenvalue weighted by molar-refractivity contribution is 0.102. The minimum absolute atomic E-state index is 0.134. The summed E-state index contributed by atoms with van der Waals surface area (Å²) in [6.07, 6.45) is 5.78. The second kappa shape index (κ2) is 12.7. The number of ether oxygens (including phenoxy) is 2. The molecule has 1 aromatic heterocycles. The van der Waals surface area contributed by atoms with Gasteiger partial charge in [0.05, 0.1) is 17.2 Å². The van der Waals surface area contributed by atoms with Crippen molar-refractivity contribution < 1.29 is 14.3 Å². The number of carbonyl (C=O) groups is 1.